The summed E-state index contributed by atoms with van der Waals surface area (Å²) in [6.07, 6.45) is 16.7. The average Bonchev–Trinajstić information content (AvgIpc) is 2.53. The van der Waals surface area contributed by atoms with E-state index in [1.165, 1.54) is 87.6 Å². The zero-order valence-corrected chi connectivity index (χ0v) is 17.7. The van der Waals surface area contributed by atoms with Crippen molar-refractivity contribution in [2.45, 2.75) is 122 Å². The Kier molecular flexibility index (Phi) is 19.2. The lowest BCUT2D eigenvalue weighted by atomic mass is 10.1. The Hall–Kier alpha value is 0.452. The Morgan fingerprint density at radius 2 is 1.09 bits per heavy atom. The van der Waals surface area contributed by atoms with Crippen LogP contribution in [0, 0.1) is 0 Å². The highest BCUT2D eigenvalue weighted by molar-refractivity contribution is 6.51. The van der Waals surface area contributed by atoms with Crippen LogP contribution in [0.15, 0.2) is 0 Å². The van der Waals surface area contributed by atoms with Gasteiger partial charge < -0.3 is 8.53 Å². The lowest BCUT2D eigenvalue weighted by molar-refractivity contribution is -0.0646. The molecule has 0 aromatic heterocycles. The van der Waals surface area contributed by atoms with Gasteiger partial charge in [-0.3, -0.25) is 0 Å². The maximum absolute atomic E-state index is 6.26. The van der Waals surface area contributed by atoms with Crippen LogP contribution < -0.4 is 0 Å². The van der Waals surface area contributed by atoms with Gasteiger partial charge in [0, 0.05) is 6.61 Å². The van der Waals surface area contributed by atoms with Crippen LogP contribution in [-0.4, -0.2) is 27.4 Å². The van der Waals surface area contributed by atoms with Gasteiger partial charge in [-0.15, -0.1) is 0 Å². The number of hydrogen-bond donors (Lipinski definition) is 0. The predicted octanol–water partition coefficient (Wildman–Crippen LogP) is 7.10. The summed E-state index contributed by atoms with van der Waals surface area (Å²) >= 11 is -1.07. The second kappa shape index (κ2) is 18.8. The number of unbranched alkanes of at least 4 members (excludes halogenated alkanes) is 10. The maximum Gasteiger partial charge on any atom is 0.462 e. The second-order valence-electron chi connectivity index (χ2n) is 6.89. The largest absolute Gasteiger partial charge is 0.478 e. The molecule has 0 amide bonds. The van der Waals surface area contributed by atoms with Crippen LogP contribution in [-0.2, 0) is 8.53 Å². The number of ether oxygens (including phenoxy) is 1. The van der Waals surface area contributed by atoms with Crippen molar-refractivity contribution in [3.8, 4) is 0 Å². The van der Waals surface area contributed by atoms with Crippen molar-refractivity contribution in [1.82, 2.24) is 0 Å². The zero-order valence-electron chi connectivity index (χ0n) is 16.6. The molecule has 0 fully saturated rings. The summed E-state index contributed by atoms with van der Waals surface area (Å²) in [5.74, 6) is 0. The van der Waals surface area contributed by atoms with Crippen molar-refractivity contribution < 1.29 is 8.53 Å². The van der Waals surface area contributed by atoms with Gasteiger partial charge in [-0.25, -0.2) is 0 Å². The SMILES string of the molecule is CCCCCCC[CH2][Al]([CH2]CCCCCCC)[O]C(C)OCC. The van der Waals surface area contributed by atoms with Gasteiger partial charge in [0.2, 0.25) is 0 Å². The lowest BCUT2D eigenvalue weighted by Crippen LogP contribution is -2.26. The number of hydrogen-bond acceptors (Lipinski definition) is 2. The average molecular weight is 343 g/mol. The fourth-order valence-corrected chi connectivity index (χ4v) is 5.80. The molecule has 138 valence electrons. The molecular weight excluding hydrogens is 299 g/mol. The van der Waals surface area contributed by atoms with Crippen LogP contribution >= 0.6 is 0 Å². The maximum atomic E-state index is 6.26. The van der Waals surface area contributed by atoms with E-state index in [9.17, 15) is 0 Å². The molecule has 0 aliphatic heterocycles. The molecule has 0 rings (SSSR count). The molecule has 0 saturated heterocycles. The van der Waals surface area contributed by atoms with Crippen LogP contribution in [0.3, 0.4) is 0 Å². The smallest absolute Gasteiger partial charge is 0.462 e. The van der Waals surface area contributed by atoms with Crippen LogP contribution in [0.25, 0.3) is 0 Å². The molecule has 0 N–H and O–H groups in total. The van der Waals surface area contributed by atoms with Gasteiger partial charge in [0.05, 0.1) is 0 Å². The Balaban J connectivity index is 3.84. The van der Waals surface area contributed by atoms with Crippen LogP contribution in [0.1, 0.15) is 105 Å². The summed E-state index contributed by atoms with van der Waals surface area (Å²) in [5, 5.41) is 2.69. The van der Waals surface area contributed by atoms with Crippen LogP contribution in [0.2, 0.25) is 10.6 Å². The molecule has 1 unspecified atom stereocenters. The van der Waals surface area contributed by atoms with Crippen molar-refractivity contribution >= 4 is 14.5 Å². The van der Waals surface area contributed by atoms with Gasteiger partial charge in [0.15, 0.2) is 0 Å². The molecule has 0 saturated carbocycles. The van der Waals surface area contributed by atoms with E-state index in [-0.39, 0.29) is 6.29 Å². The first-order valence-corrected chi connectivity index (χ1v) is 12.6. The summed E-state index contributed by atoms with van der Waals surface area (Å²) in [5.41, 5.74) is 0. The van der Waals surface area contributed by atoms with Crippen LogP contribution in [0.4, 0.5) is 0 Å². The Bertz CT molecular complexity index is 208. The monoisotopic (exact) mass is 342 g/mol. The Morgan fingerprint density at radius 3 is 1.52 bits per heavy atom. The molecule has 1 atom stereocenters. The van der Waals surface area contributed by atoms with Gasteiger partial charge in [-0.1, -0.05) is 101 Å². The fraction of sp³-hybridized carbons (Fsp3) is 1.00. The molecule has 2 nitrogen and oxygen atoms in total. The highest BCUT2D eigenvalue weighted by atomic mass is 27.2. The van der Waals surface area contributed by atoms with Crippen molar-refractivity contribution in [2.24, 2.45) is 0 Å². The first-order chi connectivity index (χ1) is 11.2. The van der Waals surface area contributed by atoms with Crippen molar-refractivity contribution in [2.75, 3.05) is 6.61 Å². The summed E-state index contributed by atoms with van der Waals surface area (Å²) in [7, 11) is 0. The predicted molar refractivity (Wildman–Crippen MR) is 104 cm³/mol. The van der Waals surface area contributed by atoms with Crippen molar-refractivity contribution in [3.63, 3.8) is 0 Å². The summed E-state index contributed by atoms with van der Waals surface area (Å²) in [6, 6.07) is 0. The minimum absolute atomic E-state index is 0.0110. The molecular formula is C20H43AlO2. The summed E-state index contributed by atoms with van der Waals surface area (Å²) in [4.78, 5) is 0. The van der Waals surface area contributed by atoms with Crippen molar-refractivity contribution in [3.05, 3.63) is 0 Å². The zero-order chi connectivity index (χ0) is 17.2. The lowest BCUT2D eigenvalue weighted by Gasteiger charge is -2.19. The summed E-state index contributed by atoms with van der Waals surface area (Å²) < 4.78 is 11.9. The van der Waals surface area contributed by atoms with Gasteiger partial charge in [0.25, 0.3) is 0 Å². The van der Waals surface area contributed by atoms with E-state index in [1.807, 2.05) is 0 Å². The Morgan fingerprint density at radius 1 is 0.652 bits per heavy atom. The van der Waals surface area contributed by atoms with E-state index < -0.39 is 14.5 Å². The first-order valence-electron chi connectivity index (χ1n) is 10.5. The molecule has 0 heterocycles. The quantitative estimate of drug-likeness (QED) is 0.150. The minimum atomic E-state index is -1.07. The molecule has 0 spiro atoms. The first kappa shape index (κ1) is 23.5. The highest BCUT2D eigenvalue weighted by Crippen LogP contribution is 2.17. The molecule has 0 aromatic rings. The van der Waals surface area contributed by atoms with E-state index >= 15 is 0 Å². The molecule has 0 aromatic carbocycles. The van der Waals surface area contributed by atoms with Crippen LogP contribution in [0.5, 0.6) is 0 Å². The third kappa shape index (κ3) is 17.1. The summed E-state index contributed by atoms with van der Waals surface area (Å²) in [6.45, 7) is 9.46. The van der Waals surface area contributed by atoms with Gasteiger partial charge in [-0.05, 0) is 13.8 Å². The number of rotatable bonds is 18. The van der Waals surface area contributed by atoms with E-state index in [0.717, 1.165) is 6.61 Å². The normalized spacial score (nSPS) is 12.5. The van der Waals surface area contributed by atoms with Crippen molar-refractivity contribution in [1.29, 1.82) is 0 Å². The fourth-order valence-electron chi connectivity index (χ4n) is 3.13. The standard InChI is InChI=1S/2C8H17.C4H9O2.Al/c2*1-3-5-7-8-6-4-2;1-3-6-4(2)5;/h2*1,3-8H2,2H3;4H,3H2,1-2H3;/q;;-1;+1. The van der Waals surface area contributed by atoms with Gasteiger partial charge in [-0.2, -0.15) is 0 Å². The second-order valence-corrected chi connectivity index (χ2v) is 9.56. The van der Waals surface area contributed by atoms with E-state index in [4.69, 9.17) is 8.53 Å². The van der Waals surface area contributed by atoms with Gasteiger partial charge >= 0.3 is 14.5 Å². The molecule has 0 bridgehead atoms. The van der Waals surface area contributed by atoms with E-state index in [0.29, 0.717) is 0 Å². The van der Waals surface area contributed by atoms with Gasteiger partial charge in [0.1, 0.15) is 6.29 Å². The third-order valence-corrected chi connectivity index (χ3v) is 7.42. The highest BCUT2D eigenvalue weighted by Gasteiger charge is 2.22. The molecule has 0 aliphatic rings. The minimum Gasteiger partial charge on any atom is -0.478 e. The Labute approximate surface area is 151 Å². The van der Waals surface area contributed by atoms with E-state index in [2.05, 4.69) is 27.7 Å². The molecule has 3 heteroatoms. The topological polar surface area (TPSA) is 18.5 Å². The third-order valence-electron chi connectivity index (χ3n) is 4.54. The molecule has 0 aliphatic carbocycles. The molecule has 23 heavy (non-hydrogen) atoms. The van der Waals surface area contributed by atoms with E-state index in [1.54, 1.807) is 0 Å². The molecule has 0 radical (unpaired) electrons.